The van der Waals surface area contributed by atoms with Gasteiger partial charge in [-0.05, 0) is 45.0 Å². The van der Waals surface area contributed by atoms with Gasteiger partial charge in [0.1, 0.15) is 0 Å². The van der Waals surface area contributed by atoms with Crippen LogP contribution in [0.2, 0.25) is 0 Å². The standard InChI is InChI=1S/C23H28N4O2S/c1-4-26(5-2)15-16-27-22(29)19-13-9-10-14-20(19)25-23(27)30-17(3)21(28)24-18-11-7-6-8-12-18/h6-14,17H,4-5,15-16H2,1-3H3,(H,24,28)/p+1/t17-/m1/s1. The number of thioether (sulfide) groups is 1. The Labute approximate surface area is 181 Å². The minimum absolute atomic E-state index is 0.0506. The third kappa shape index (κ3) is 5.29. The molecule has 3 rings (SSSR count). The molecule has 1 heterocycles. The molecule has 0 fully saturated rings. The average Bonchev–Trinajstić information content (AvgIpc) is 2.76. The zero-order chi connectivity index (χ0) is 21.5. The number of hydrogen-bond donors (Lipinski definition) is 2. The monoisotopic (exact) mass is 425 g/mol. The van der Waals surface area contributed by atoms with Gasteiger partial charge >= 0.3 is 0 Å². The van der Waals surface area contributed by atoms with Crippen molar-refractivity contribution in [2.75, 3.05) is 25.0 Å². The number of carbonyl (C=O) groups excluding carboxylic acids is 1. The van der Waals surface area contributed by atoms with E-state index in [2.05, 4.69) is 19.2 Å². The van der Waals surface area contributed by atoms with E-state index in [1.807, 2.05) is 61.5 Å². The van der Waals surface area contributed by atoms with Crippen LogP contribution in [-0.2, 0) is 11.3 Å². The highest BCUT2D eigenvalue weighted by molar-refractivity contribution is 8.00. The molecule has 0 bridgehead atoms. The van der Waals surface area contributed by atoms with Gasteiger partial charge in [-0.25, -0.2) is 4.98 Å². The zero-order valence-corrected chi connectivity index (χ0v) is 18.5. The molecule has 158 valence electrons. The zero-order valence-electron chi connectivity index (χ0n) is 17.7. The molecule has 1 aromatic heterocycles. The van der Waals surface area contributed by atoms with Crippen molar-refractivity contribution in [2.45, 2.75) is 37.7 Å². The van der Waals surface area contributed by atoms with Gasteiger partial charge in [-0.2, -0.15) is 0 Å². The lowest BCUT2D eigenvalue weighted by Gasteiger charge is -2.19. The first-order valence-electron chi connectivity index (χ1n) is 10.4. The second-order valence-electron chi connectivity index (χ2n) is 7.19. The molecule has 0 aliphatic heterocycles. The molecule has 0 saturated carbocycles. The normalized spacial score (nSPS) is 12.3. The van der Waals surface area contributed by atoms with E-state index in [-0.39, 0.29) is 11.5 Å². The number of fused-ring (bicyclic) bond motifs is 1. The van der Waals surface area contributed by atoms with E-state index < -0.39 is 5.25 Å². The number of quaternary nitrogens is 1. The van der Waals surface area contributed by atoms with Crippen molar-refractivity contribution in [1.82, 2.24) is 9.55 Å². The number of aromatic nitrogens is 2. The van der Waals surface area contributed by atoms with Gasteiger partial charge in [-0.3, -0.25) is 14.2 Å². The SMILES string of the molecule is CC[NH+](CC)CCn1c(S[C@H](C)C(=O)Nc2ccccc2)nc2ccccc2c1=O. The molecule has 0 aliphatic carbocycles. The Balaban J connectivity index is 1.87. The Morgan fingerprint density at radius 2 is 1.77 bits per heavy atom. The van der Waals surface area contributed by atoms with E-state index in [4.69, 9.17) is 4.98 Å². The van der Waals surface area contributed by atoms with Crippen LogP contribution in [0.3, 0.4) is 0 Å². The summed E-state index contributed by atoms with van der Waals surface area (Å²) in [6.07, 6.45) is 0. The van der Waals surface area contributed by atoms with Crippen LogP contribution < -0.4 is 15.8 Å². The van der Waals surface area contributed by atoms with Crippen LogP contribution in [-0.4, -0.2) is 40.3 Å². The largest absolute Gasteiger partial charge is 0.334 e. The van der Waals surface area contributed by atoms with Crippen LogP contribution in [0.15, 0.2) is 64.5 Å². The summed E-state index contributed by atoms with van der Waals surface area (Å²) in [5.41, 5.74) is 1.36. The summed E-state index contributed by atoms with van der Waals surface area (Å²) in [7, 11) is 0. The molecule has 30 heavy (non-hydrogen) atoms. The molecule has 0 unspecified atom stereocenters. The number of hydrogen-bond acceptors (Lipinski definition) is 4. The molecule has 3 aromatic rings. The number of likely N-dealkylation sites (N-methyl/N-ethyl adjacent to an activating group) is 1. The number of anilines is 1. The van der Waals surface area contributed by atoms with Gasteiger partial charge in [-0.15, -0.1) is 0 Å². The highest BCUT2D eigenvalue weighted by Gasteiger charge is 2.20. The topological polar surface area (TPSA) is 68.4 Å². The Hall–Kier alpha value is -2.64. The predicted molar refractivity (Wildman–Crippen MR) is 123 cm³/mol. The lowest BCUT2D eigenvalue weighted by Crippen LogP contribution is -3.11. The first-order chi connectivity index (χ1) is 14.5. The molecule has 0 spiro atoms. The number of carbonyl (C=O) groups is 1. The minimum atomic E-state index is -0.398. The Kier molecular flexibility index (Phi) is 7.65. The van der Waals surface area contributed by atoms with Crippen molar-refractivity contribution in [3.8, 4) is 0 Å². The summed E-state index contributed by atoms with van der Waals surface area (Å²) in [6, 6.07) is 16.8. The maximum atomic E-state index is 13.2. The van der Waals surface area contributed by atoms with Crippen LogP contribution in [0.4, 0.5) is 5.69 Å². The van der Waals surface area contributed by atoms with Gasteiger partial charge in [0.05, 0.1) is 42.3 Å². The van der Waals surface area contributed by atoms with Crippen LogP contribution >= 0.6 is 11.8 Å². The summed E-state index contributed by atoms with van der Waals surface area (Å²) >= 11 is 1.32. The van der Waals surface area contributed by atoms with Gasteiger partial charge in [0.25, 0.3) is 5.56 Å². The van der Waals surface area contributed by atoms with Gasteiger partial charge < -0.3 is 10.2 Å². The highest BCUT2D eigenvalue weighted by atomic mass is 32.2. The number of rotatable bonds is 9. The molecule has 6 nitrogen and oxygen atoms in total. The lowest BCUT2D eigenvalue weighted by atomic mass is 10.2. The maximum absolute atomic E-state index is 13.2. The lowest BCUT2D eigenvalue weighted by molar-refractivity contribution is -0.897. The Morgan fingerprint density at radius 1 is 1.10 bits per heavy atom. The number of nitrogens with zero attached hydrogens (tertiary/aromatic N) is 2. The van der Waals surface area contributed by atoms with E-state index in [0.29, 0.717) is 22.6 Å². The third-order valence-corrected chi connectivity index (χ3v) is 6.30. The first-order valence-corrected chi connectivity index (χ1v) is 11.3. The summed E-state index contributed by atoms with van der Waals surface area (Å²) in [5, 5.41) is 3.72. The van der Waals surface area contributed by atoms with E-state index in [9.17, 15) is 9.59 Å². The molecule has 7 heteroatoms. The Morgan fingerprint density at radius 3 is 2.47 bits per heavy atom. The van der Waals surface area contributed by atoms with Crippen LogP contribution in [0.1, 0.15) is 20.8 Å². The van der Waals surface area contributed by atoms with Crippen molar-refractivity contribution < 1.29 is 9.69 Å². The van der Waals surface area contributed by atoms with Crippen molar-refractivity contribution in [1.29, 1.82) is 0 Å². The van der Waals surface area contributed by atoms with Crippen LogP contribution in [0.25, 0.3) is 10.9 Å². The van der Waals surface area contributed by atoms with E-state index in [0.717, 1.165) is 25.3 Å². The third-order valence-electron chi connectivity index (χ3n) is 5.21. The smallest absolute Gasteiger partial charge is 0.262 e. The van der Waals surface area contributed by atoms with E-state index in [1.54, 1.807) is 4.57 Å². The van der Waals surface area contributed by atoms with Crippen LogP contribution in [0.5, 0.6) is 0 Å². The Bertz CT molecular complexity index is 1050. The fourth-order valence-electron chi connectivity index (χ4n) is 3.29. The fourth-order valence-corrected chi connectivity index (χ4v) is 4.22. The molecule has 0 aliphatic rings. The maximum Gasteiger partial charge on any atom is 0.262 e. The van der Waals surface area contributed by atoms with Gasteiger partial charge in [0, 0.05) is 5.69 Å². The van der Waals surface area contributed by atoms with Crippen molar-refractivity contribution in [2.24, 2.45) is 0 Å². The molecule has 1 atom stereocenters. The number of nitrogens with one attached hydrogen (secondary N) is 2. The molecule has 2 N–H and O–H groups in total. The summed E-state index contributed by atoms with van der Waals surface area (Å²) in [4.78, 5) is 32.0. The number of benzene rings is 2. The average molecular weight is 426 g/mol. The van der Waals surface area contributed by atoms with Gasteiger partial charge in [0.15, 0.2) is 5.16 Å². The highest BCUT2D eigenvalue weighted by Crippen LogP contribution is 2.23. The van der Waals surface area contributed by atoms with E-state index in [1.165, 1.54) is 16.7 Å². The second kappa shape index (κ2) is 10.4. The van der Waals surface area contributed by atoms with Gasteiger partial charge in [-0.1, -0.05) is 42.1 Å². The van der Waals surface area contributed by atoms with Crippen molar-refractivity contribution in [3.05, 3.63) is 65.0 Å². The summed E-state index contributed by atoms with van der Waals surface area (Å²) in [5.74, 6) is -0.116. The number of amides is 1. The second-order valence-corrected chi connectivity index (χ2v) is 8.50. The van der Waals surface area contributed by atoms with E-state index >= 15 is 0 Å². The van der Waals surface area contributed by atoms with Crippen LogP contribution in [0, 0.1) is 0 Å². The molecule has 0 radical (unpaired) electrons. The molecule has 1 amide bonds. The molecular formula is C23H29N4O2S+. The summed E-state index contributed by atoms with van der Waals surface area (Å²) in [6.45, 7) is 9.55. The first kappa shape index (κ1) is 22.1. The quantitative estimate of drug-likeness (QED) is 0.408. The molecular weight excluding hydrogens is 396 g/mol. The van der Waals surface area contributed by atoms with Crippen molar-refractivity contribution in [3.63, 3.8) is 0 Å². The van der Waals surface area contributed by atoms with Crippen molar-refractivity contribution >= 4 is 34.3 Å². The van der Waals surface area contributed by atoms with Gasteiger partial charge in [0.2, 0.25) is 5.91 Å². The predicted octanol–water partition coefficient (Wildman–Crippen LogP) is 2.44. The molecule has 0 saturated heterocycles. The minimum Gasteiger partial charge on any atom is -0.334 e. The fraction of sp³-hybridized carbons (Fsp3) is 0.348. The summed E-state index contributed by atoms with van der Waals surface area (Å²) < 4.78 is 1.73. The molecule has 2 aromatic carbocycles. The number of para-hydroxylation sites is 2.